The van der Waals surface area contributed by atoms with E-state index in [0.717, 1.165) is 0 Å². The lowest BCUT2D eigenvalue weighted by molar-refractivity contribution is 0.0642. The Bertz CT molecular complexity index is 566. The molecule has 0 aliphatic heterocycles. The van der Waals surface area contributed by atoms with Gasteiger partial charge in [-0.05, 0) is 0 Å². The summed E-state index contributed by atoms with van der Waals surface area (Å²) in [5, 5.41) is 0. The van der Waals surface area contributed by atoms with E-state index in [9.17, 15) is 4.79 Å². The van der Waals surface area contributed by atoms with Crippen LogP contribution >= 0.6 is 23.0 Å². The van der Waals surface area contributed by atoms with Crippen LogP contribution in [-0.2, 0) is 14.5 Å². The Labute approximate surface area is 110 Å². The van der Waals surface area contributed by atoms with Gasteiger partial charge in [-0.25, -0.2) is 4.98 Å². The number of H-pyrrole nitrogens is 1. The third-order valence-electron chi connectivity index (χ3n) is 2.03. The fourth-order valence-corrected chi connectivity index (χ4v) is 1.50. The number of fused-ring (bicyclic) bond motifs is 1. The highest BCUT2D eigenvalue weighted by molar-refractivity contribution is 14.1. The lowest BCUT2D eigenvalue weighted by Crippen LogP contribution is -2.13. The molecule has 0 aliphatic carbocycles. The summed E-state index contributed by atoms with van der Waals surface area (Å²) in [5.41, 5.74) is 5.75. The molecule has 0 atom stereocenters. The molecular formula is C8H10IN5O3. The Morgan fingerprint density at radius 1 is 1.53 bits per heavy atom. The van der Waals surface area contributed by atoms with Gasteiger partial charge in [0.15, 0.2) is 11.2 Å². The van der Waals surface area contributed by atoms with Crippen LogP contribution in [0, 0.1) is 0 Å². The van der Waals surface area contributed by atoms with E-state index in [1.54, 1.807) is 27.6 Å². The first kappa shape index (κ1) is 12.3. The molecule has 8 nitrogen and oxygen atoms in total. The number of nitrogen functional groups attached to an aromatic ring is 1. The number of imidazole rings is 1. The first-order valence-electron chi connectivity index (χ1n) is 4.74. The van der Waals surface area contributed by atoms with Gasteiger partial charge in [-0.1, -0.05) is 0 Å². The average Bonchev–Trinajstić information content (AvgIpc) is 2.68. The zero-order valence-corrected chi connectivity index (χ0v) is 10.9. The fourth-order valence-electron chi connectivity index (χ4n) is 1.32. The summed E-state index contributed by atoms with van der Waals surface area (Å²) in [5.74, 6) is 0.0554. The van der Waals surface area contributed by atoms with Crippen LogP contribution in [0.2, 0.25) is 0 Å². The van der Waals surface area contributed by atoms with Crippen molar-refractivity contribution in [1.82, 2.24) is 19.5 Å². The molecule has 0 bridgehead atoms. The van der Waals surface area contributed by atoms with E-state index < -0.39 is 0 Å². The van der Waals surface area contributed by atoms with Crippen molar-refractivity contribution in [3.8, 4) is 0 Å². The SMILES string of the molecule is Nc1nc2c(ncn2COCCOI)c(=O)[nH]1. The second-order valence-electron chi connectivity index (χ2n) is 3.19. The summed E-state index contributed by atoms with van der Waals surface area (Å²) < 4.78 is 11.7. The molecule has 0 spiro atoms. The predicted molar refractivity (Wildman–Crippen MR) is 68.5 cm³/mol. The van der Waals surface area contributed by atoms with E-state index in [1.807, 2.05) is 0 Å². The second-order valence-corrected chi connectivity index (χ2v) is 3.81. The van der Waals surface area contributed by atoms with Crippen LogP contribution in [0.1, 0.15) is 0 Å². The van der Waals surface area contributed by atoms with Crippen LogP contribution in [0.15, 0.2) is 11.1 Å². The first-order chi connectivity index (χ1) is 8.22. The largest absolute Gasteiger partial charge is 0.369 e. The van der Waals surface area contributed by atoms with E-state index in [2.05, 4.69) is 15.0 Å². The van der Waals surface area contributed by atoms with Gasteiger partial charge >= 0.3 is 0 Å². The van der Waals surface area contributed by atoms with Gasteiger partial charge in [0.1, 0.15) is 29.7 Å². The first-order valence-corrected chi connectivity index (χ1v) is 5.62. The molecule has 0 saturated carbocycles. The van der Waals surface area contributed by atoms with Gasteiger partial charge < -0.3 is 13.5 Å². The minimum absolute atomic E-state index is 0.0554. The van der Waals surface area contributed by atoms with Crippen molar-refractivity contribution in [1.29, 1.82) is 0 Å². The molecule has 3 N–H and O–H groups in total. The van der Waals surface area contributed by atoms with Gasteiger partial charge in [-0.3, -0.25) is 14.3 Å². The van der Waals surface area contributed by atoms with Gasteiger partial charge in [0.25, 0.3) is 5.56 Å². The molecule has 0 saturated heterocycles. The van der Waals surface area contributed by atoms with Gasteiger partial charge in [0.2, 0.25) is 5.95 Å². The Morgan fingerprint density at radius 3 is 3.12 bits per heavy atom. The molecule has 0 aromatic carbocycles. The number of ether oxygens (including phenoxy) is 1. The molecule has 2 rings (SSSR count). The minimum Gasteiger partial charge on any atom is -0.369 e. The topological polar surface area (TPSA) is 108 Å². The standard InChI is InChI=1S/C8H10IN5O3/c9-17-2-1-16-4-14-3-11-5-6(14)12-8(10)13-7(5)15/h3H,1-2,4H2,(H3,10,12,13,15). The van der Waals surface area contributed by atoms with Gasteiger partial charge in [-0.2, -0.15) is 4.98 Å². The Balaban J connectivity index is 2.21. The van der Waals surface area contributed by atoms with Crippen molar-refractivity contribution in [2.45, 2.75) is 6.73 Å². The summed E-state index contributed by atoms with van der Waals surface area (Å²) >= 11 is 1.79. The number of hydrogen-bond donors (Lipinski definition) is 2. The van der Waals surface area contributed by atoms with Crippen LogP contribution in [-0.4, -0.2) is 32.7 Å². The monoisotopic (exact) mass is 351 g/mol. The maximum absolute atomic E-state index is 11.5. The third kappa shape index (κ3) is 2.73. The van der Waals surface area contributed by atoms with E-state index in [0.29, 0.717) is 18.9 Å². The van der Waals surface area contributed by atoms with E-state index in [4.69, 9.17) is 13.5 Å². The van der Waals surface area contributed by atoms with Crippen molar-refractivity contribution in [2.24, 2.45) is 0 Å². The second kappa shape index (κ2) is 5.42. The molecule has 0 radical (unpaired) electrons. The summed E-state index contributed by atoms with van der Waals surface area (Å²) in [6.45, 7) is 1.18. The molecule has 2 aromatic heterocycles. The number of nitrogens with zero attached hydrogens (tertiary/aromatic N) is 3. The number of aromatic nitrogens is 4. The quantitative estimate of drug-likeness (QED) is 0.582. The highest BCUT2D eigenvalue weighted by atomic mass is 127. The van der Waals surface area contributed by atoms with Gasteiger partial charge in [0.05, 0.1) is 19.5 Å². The molecule has 92 valence electrons. The van der Waals surface area contributed by atoms with Gasteiger partial charge in [0, 0.05) is 0 Å². The number of hydrogen-bond acceptors (Lipinski definition) is 6. The van der Waals surface area contributed by atoms with Crippen LogP contribution < -0.4 is 11.3 Å². The lowest BCUT2D eigenvalue weighted by atomic mass is 10.5. The highest BCUT2D eigenvalue weighted by Gasteiger charge is 2.08. The molecule has 0 aliphatic rings. The molecule has 0 unspecified atom stereocenters. The predicted octanol–water partition coefficient (Wildman–Crippen LogP) is 0.0425. The molecule has 0 fully saturated rings. The van der Waals surface area contributed by atoms with Crippen molar-refractivity contribution in [3.63, 3.8) is 0 Å². The Morgan fingerprint density at radius 2 is 2.35 bits per heavy atom. The molecule has 9 heteroatoms. The normalized spacial score (nSPS) is 11.1. The zero-order chi connectivity index (χ0) is 12.3. The smallest absolute Gasteiger partial charge is 0.280 e. The van der Waals surface area contributed by atoms with Crippen LogP contribution in [0.5, 0.6) is 0 Å². The summed E-state index contributed by atoms with van der Waals surface area (Å²) in [6, 6.07) is 0. The van der Waals surface area contributed by atoms with Crippen molar-refractivity contribution < 1.29 is 7.80 Å². The van der Waals surface area contributed by atoms with Crippen molar-refractivity contribution in [2.75, 3.05) is 18.9 Å². The fraction of sp³-hybridized carbons (Fsp3) is 0.375. The van der Waals surface area contributed by atoms with E-state index in [1.165, 1.54) is 6.33 Å². The van der Waals surface area contributed by atoms with Crippen LogP contribution in [0.3, 0.4) is 0 Å². The number of nitrogens with one attached hydrogen (secondary N) is 1. The maximum atomic E-state index is 11.5. The minimum atomic E-state index is -0.359. The molecule has 0 amide bonds. The summed E-state index contributed by atoms with van der Waals surface area (Å²) in [4.78, 5) is 21.8. The third-order valence-corrected chi connectivity index (χ3v) is 2.47. The molecular weight excluding hydrogens is 341 g/mol. The van der Waals surface area contributed by atoms with Crippen LogP contribution in [0.25, 0.3) is 11.2 Å². The molecule has 2 heterocycles. The zero-order valence-electron chi connectivity index (χ0n) is 8.72. The highest BCUT2D eigenvalue weighted by Crippen LogP contribution is 2.06. The summed E-state index contributed by atoms with van der Waals surface area (Å²) in [6.07, 6.45) is 1.48. The number of nitrogens with two attached hydrogens (primary N) is 1. The average molecular weight is 351 g/mol. The number of aromatic amines is 1. The van der Waals surface area contributed by atoms with Crippen LogP contribution in [0.4, 0.5) is 5.95 Å². The number of anilines is 1. The van der Waals surface area contributed by atoms with Crippen molar-refractivity contribution in [3.05, 3.63) is 16.7 Å². The van der Waals surface area contributed by atoms with Crippen molar-refractivity contribution >= 4 is 40.1 Å². The number of halogens is 1. The maximum Gasteiger partial charge on any atom is 0.280 e. The number of rotatable bonds is 5. The van der Waals surface area contributed by atoms with E-state index in [-0.39, 0.29) is 23.8 Å². The molecule has 17 heavy (non-hydrogen) atoms. The Kier molecular flexibility index (Phi) is 3.91. The van der Waals surface area contributed by atoms with E-state index >= 15 is 0 Å². The lowest BCUT2D eigenvalue weighted by Gasteiger charge is -2.04. The summed E-state index contributed by atoms with van der Waals surface area (Å²) in [7, 11) is 0. The Hall–Kier alpha value is -1.20. The van der Waals surface area contributed by atoms with Gasteiger partial charge in [-0.15, -0.1) is 0 Å². The molecule has 2 aromatic rings.